The molecule has 78 valence electrons. The molecule has 1 heteroatoms. The van der Waals surface area contributed by atoms with Crippen molar-refractivity contribution < 1.29 is 0 Å². The van der Waals surface area contributed by atoms with Crippen LogP contribution in [0.15, 0.2) is 12.1 Å². The lowest BCUT2D eigenvalue weighted by Crippen LogP contribution is -1.99. The smallest absolute Gasteiger partial charge is 0.0435 e. The zero-order valence-corrected chi connectivity index (χ0v) is 9.80. The molecule has 14 heavy (non-hydrogen) atoms. The number of nitrogens with zero attached hydrogens (tertiary/aromatic N) is 1. The largest absolute Gasteiger partial charge is 0.258 e. The fourth-order valence-electron chi connectivity index (χ4n) is 1.58. The summed E-state index contributed by atoms with van der Waals surface area (Å²) in [5, 5.41) is 0. The Labute approximate surface area is 87.6 Å². The van der Waals surface area contributed by atoms with Crippen molar-refractivity contribution in [1.82, 2.24) is 4.98 Å². The predicted octanol–water partition coefficient (Wildman–Crippen LogP) is 3.99. The average molecular weight is 191 g/mol. The minimum Gasteiger partial charge on any atom is -0.258 e. The summed E-state index contributed by atoms with van der Waals surface area (Å²) in [6, 6.07) is 4.35. The van der Waals surface area contributed by atoms with Crippen LogP contribution in [-0.4, -0.2) is 4.98 Å². The quantitative estimate of drug-likeness (QED) is 0.701. The molecule has 0 saturated heterocycles. The van der Waals surface area contributed by atoms with E-state index in [1.165, 1.54) is 36.2 Å². The minimum absolute atomic E-state index is 0.606. The van der Waals surface area contributed by atoms with E-state index in [9.17, 15) is 0 Å². The topological polar surface area (TPSA) is 12.9 Å². The van der Waals surface area contributed by atoms with Gasteiger partial charge in [-0.3, -0.25) is 4.98 Å². The molecule has 1 rings (SSSR count). The van der Waals surface area contributed by atoms with Gasteiger partial charge in [-0.25, -0.2) is 0 Å². The van der Waals surface area contributed by atoms with E-state index < -0.39 is 0 Å². The molecule has 0 N–H and O–H groups in total. The highest BCUT2D eigenvalue weighted by molar-refractivity contribution is 5.21. The Morgan fingerprint density at radius 2 is 2.00 bits per heavy atom. The Balaban J connectivity index is 2.70. The fraction of sp³-hybridized carbons (Fsp3) is 0.615. The predicted molar refractivity (Wildman–Crippen MR) is 61.7 cm³/mol. The van der Waals surface area contributed by atoms with E-state index in [0.29, 0.717) is 5.92 Å². The summed E-state index contributed by atoms with van der Waals surface area (Å²) in [4.78, 5) is 4.63. The lowest BCUT2D eigenvalue weighted by Gasteiger charge is -2.11. The molecule has 0 amide bonds. The maximum absolute atomic E-state index is 4.63. The van der Waals surface area contributed by atoms with Gasteiger partial charge in [-0.2, -0.15) is 0 Å². The zero-order valence-electron chi connectivity index (χ0n) is 9.80. The highest BCUT2D eigenvalue weighted by atomic mass is 14.7. The lowest BCUT2D eigenvalue weighted by atomic mass is 9.99. The van der Waals surface area contributed by atoms with E-state index in [1.54, 1.807) is 0 Å². The third-order valence-electron chi connectivity index (χ3n) is 2.87. The number of aryl methyl sites for hydroxylation is 2. The van der Waals surface area contributed by atoms with E-state index in [4.69, 9.17) is 0 Å². The van der Waals surface area contributed by atoms with Crippen LogP contribution < -0.4 is 0 Å². The highest BCUT2D eigenvalue weighted by Gasteiger charge is 2.06. The van der Waals surface area contributed by atoms with Crippen LogP contribution in [0.5, 0.6) is 0 Å². The van der Waals surface area contributed by atoms with Crippen LogP contribution in [0.25, 0.3) is 0 Å². The number of aromatic nitrogens is 1. The molecule has 0 saturated carbocycles. The molecular weight excluding hydrogens is 170 g/mol. The summed E-state index contributed by atoms with van der Waals surface area (Å²) >= 11 is 0. The van der Waals surface area contributed by atoms with Gasteiger partial charge in [0.25, 0.3) is 0 Å². The Hall–Kier alpha value is -0.850. The molecule has 0 radical (unpaired) electrons. The molecule has 0 aromatic carbocycles. The second kappa shape index (κ2) is 5.14. The van der Waals surface area contributed by atoms with Crippen molar-refractivity contribution >= 4 is 0 Å². The number of pyridine rings is 1. The van der Waals surface area contributed by atoms with Crippen molar-refractivity contribution in [1.29, 1.82) is 0 Å². The second-order valence-electron chi connectivity index (χ2n) is 4.18. The van der Waals surface area contributed by atoms with Crippen molar-refractivity contribution in [2.45, 2.75) is 52.9 Å². The van der Waals surface area contributed by atoms with Gasteiger partial charge in [0, 0.05) is 11.4 Å². The van der Waals surface area contributed by atoms with Crippen LogP contribution in [0.4, 0.5) is 0 Å². The monoisotopic (exact) mass is 191 g/mol. The molecule has 1 atom stereocenters. The molecule has 0 fully saturated rings. The first-order chi connectivity index (χ1) is 6.65. The van der Waals surface area contributed by atoms with Gasteiger partial charge in [0.05, 0.1) is 0 Å². The van der Waals surface area contributed by atoms with Crippen molar-refractivity contribution in [3.63, 3.8) is 0 Å². The van der Waals surface area contributed by atoms with Crippen LogP contribution in [0.1, 0.15) is 56.0 Å². The van der Waals surface area contributed by atoms with E-state index in [-0.39, 0.29) is 0 Å². The molecular formula is C13H21N. The molecule has 1 nitrogen and oxygen atoms in total. The first kappa shape index (κ1) is 11.2. The van der Waals surface area contributed by atoms with Gasteiger partial charge in [-0.15, -0.1) is 0 Å². The Bertz CT molecular complexity index is 291. The Kier molecular flexibility index (Phi) is 4.12. The third-order valence-corrected chi connectivity index (χ3v) is 2.87. The Morgan fingerprint density at radius 1 is 1.29 bits per heavy atom. The maximum atomic E-state index is 4.63. The van der Waals surface area contributed by atoms with Gasteiger partial charge >= 0.3 is 0 Å². The molecule has 0 aliphatic carbocycles. The van der Waals surface area contributed by atoms with Gasteiger partial charge in [-0.1, -0.05) is 32.8 Å². The van der Waals surface area contributed by atoms with E-state index in [2.05, 4.69) is 44.8 Å². The normalized spacial score (nSPS) is 12.9. The zero-order chi connectivity index (χ0) is 10.6. The summed E-state index contributed by atoms with van der Waals surface area (Å²) in [5.74, 6) is 0.606. The third kappa shape index (κ3) is 2.83. The van der Waals surface area contributed by atoms with E-state index >= 15 is 0 Å². The molecule has 0 unspecified atom stereocenters. The lowest BCUT2D eigenvalue weighted by molar-refractivity contribution is 0.610. The van der Waals surface area contributed by atoms with Gasteiger partial charge in [0.1, 0.15) is 0 Å². The van der Waals surface area contributed by atoms with Crippen LogP contribution in [-0.2, 0) is 0 Å². The molecule has 0 bridgehead atoms. The van der Waals surface area contributed by atoms with Gasteiger partial charge in [0.15, 0.2) is 0 Å². The molecule has 1 aromatic rings. The van der Waals surface area contributed by atoms with Gasteiger partial charge in [0.2, 0.25) is 0 Å². The van der Waals surface area contributed by atoms with Gasteiger partial charge in [-0.05, 0) is 37.8 Å². The second-order valence-corrected chi connectivity index (χ2v) is 4.18. The van der Waals surface area contributed by atoms with Crippen molar-refractivity contribution in [3.8, 4) is 0 Å². The summed E-state index contributed by atoms with van der Waals surface area (Å²) in [6.45, 7) is 8.71. The number of unbranched alkanes of at least 4 members (excludes halogenated alkanes) is 1. The standard InChI is InChI=1S/C13H21N/c1-5-6-7-11(3)13-9-8-10(2)12(4)14-13/h8-9,11H,5-7H2,1-4H3/t11-/m1/s1. The average Bonchev–Trinajstić information content (AvgIpc) is 2.18. The fourth-order valence-corrected chi connectivity index (χ4v) is 1.58. The van der Waals surface area contributed by atoms with Crippen molar-refractivity contribution in [3.05, 3.63) is 29.1 Å². The summed E-state index contributed by atoms with van der Waals surface area (Å²) in [6.07, 6.45) is 3.83. The number of rotatable bonds is 4. The van der Waals surface area contributed by atoms with Crippen LogP contribution in [0.3, 0.4) is 0 Å². The van der Waals surface area contributed by atoms with E-state index in [1.807, 2.05) is 0 Å². The minimum atomic E-state index is 0.606. The molecule has 1 heterocycles. The first-order valence-corrected chi connectivity index (χ1v) is 5.59. The van der Waals surface area contributed by atoms with Crippen LogP contribution >= 0.6 is 0 Å². The molecule has 0 aliphatic heterocycles. The van der Waals surface area contributed by atoms with Crippen molar-refractivity contribution in [2.24, 2.45) is 0 Å². The van der Waals surface area contributed by atoms with E-state index in [0.717, 1.165) is 0 Å². The van der Waals surface area contributed by atoms with Crippen molar-refractivity contribution in [2.75, 3.05) is 0 Å². The van der Waals surface area contributed by atoms with Gasteiger partial charge < -0.3 is 0 Å². The summed E-state index contributed by atoms with van der Waals surface area (Å²) in [7, 11) is 0. The molecule has 1 aromatic heterocycles. The summed E-state index contributed by atoms with van der Waals surface area (Å²) < 4.78 is 0. The highest BCUT2D eigenvalue weighted by Crippen LogP contribution is 2.20. The maximum Gasteiger partial charge on any atom is 0.0435 e. The number of hydrogen-bond acceptors (Lipinski definition) is 1. The Morgan fingerprint density at radius 3 is 2.57 bits per heavy atom. The SMILES string of the molecule is CCCC[C@@H](C)c1ccc(C)c(C)n1. The molecule has 0 spiro atoms. The first-order valence-electron chi connectivity index (χ1n) is 5.59. The molecule has 0 aliphatic rings. The number of hydrogen-bond donors (Lipinski definition) is 0. The summed E-state index contributed by atoms with van der Waals surface area (Å²) in [5.41, 5.74) is 3.71. The van der Waals surface area contributed by atoms with Crippen LogP contribution in [0.2, 0.25) is 0 Å². The van der Waals surface area contributed by atoms with Crippen LogP contribution in [0, 0.1) is 13.8 Å².